The Hall–Kier alpha value is -2.56. The van der Waals surface area contributed by atoms with Gasteiger partial charge in [0.25, 0.3) is 0 Å². The summed E-state index contributed by atoms with van der Waals surface area (Å²) in [7, 11) is 1.85. The van der Waals surface area contributed by atoms with Gasteiger partial charge in [-0.2, -0.15) is 5.10 Å². The monoisotopic (exact) mass is 270 g/mol. The largest absolute Gasteiger partial charge is 0.454 e. The Bertz CT molecular complexity index is 701. The third kappa shape index (κ3) is 2.30. The summed E-state index contributed by atoms with van der Waals surface area (Å²) < 4.78 is 12.2. The fourth-order valence-corrected chi connectivity index (χ4v) is 2.09. The van der Waals surface area contributed by atoms with E-state index >= 15 is 0 Å². The molecule has 0 bridgehead atoms. The summed E-state index contributed by atoms with van der Waals surface area (Å²) in [5.74, 6) is 1.21. The molecule has 0 radical (unpaired) electrons. The van der Waals surface area contributed by atoms with Gasteiger partial charge < -0.3 is 9.47 Å². The molecule has 1 aromatic carbocycles. The zero-order valence-electron chi connectivity index (χ0n) is 11.3. The molecular formula is C15H14N2O3. The molecule has 0 fully saturated rings. The Morgan fingerprint density at radius 3 is 2.90 bits per heavy atom. The number of carbonyl (C=O) groups is 1. The number of ether oxygens (including phenoxy) is 2. The van der Waals surface area contributed by atoms with Crippen LogP contribution >= 0.6 is 0 Å². The smallest absolute Gasteiger partial charge is 0.231 e. The van der Waals surface area contributed by atoms with Gasteiger partial charge in [-0.1, -0.05) is 0 Å². The lowest BCUT2D eigenvalue weighted by atomic mass is 10.1. The van der Waals surface area contributed by atoms with Crippen molar-refractivity contribution in [3.8, 4) is 11.5 Å². The molecule has 0 saturated heterocycles. The van der Waals surface area contributed by atoms with Crippen molar-refractivity contribution in [2.75, 3.05) is 6.79 Å². The van der Waals surface area contributed by atoms with Gasteiger partial charge in [0.05, 0.1) is 5.69 Å². The van der Waals surface area contributed by atoms with Crippen molar-refractivity contribution in [1.82, 2.24) is 9.78 Å². The van der Waals surface area contributed by atoms with Crippen molar-refractivity contribution >= 4 is 11.9 Å². The van der Waals surface area contributed by atoms with Crippen LogP contribution in [0.5, 0.6) is 11.5 Å². The molecule has 3 rings (SSSR count). The van der Waals surface area contributed by atoms with Crippen LogP contribution in [-0.4, -0.2) is 22.4 Å². The van der Waals surface area contributed by atoms with Crippen molar-refractivity contribution in [3.63, 3.8) is 0 Å². The van der Waals surface area contributed by atoms with E-state index in [1.165, 1.54) is 0 Å². The van der Waals surface area contributed by atoms with Crippen LogP contribution in [0.3, 0.4) is 0 Å². The molecule has 20 heavy (non-hydrogen) atoms. The molecular weight excluding hydrogens is 256 g/mol. The number of hydrogen-bond donors (Lipinski definition) is 0. The summed E-state index contributed by atoms with van der Waals surface area (Å²) in [6.07, 6.45) is 5.19. The molecule has 0 amide bonds. The Morgan fingerprint density at radius 1 is 1.35 bits per heavy atom. The first-order valence-corrected chi connectivity index (χ1v) is 6.26. The minimum atomic E-state index is -0.0773. The molecule has 1 aliphatic rings. The van der Waals surface area contributed by atoms with Crippen LogP contribution < -0.4 is 9.47 Å². The summed E-state index contributed by atoms with van der Waals surface area (Å²) in [6, 6.07) is 5.18. The Kier molecular flexibility index (Phi) is 3.02. The van der Waals surface area contributed by atoms with Crippen molar-refractivity contribution in [1.29, 1.82) is 0 Å². The van der Waals surface area contributed by atoms with E-state index in [0.29, 0.717) is 17.1 Å². The van der Waals surface area contributed by atoms with Gasteiger partial charge in [0.15, 0.2) is 17.3 Å². The maximum Gasteiger partial charge on any atom is 0.231 e. The van der Waals surface area contributed by atoms with Gasteiger partial charge in [0, 0.05) is 24.4 Å². The van der Waals surface area contributed by atoms with Crippen LogP contribution in [0.15, 0.2) is 30.5 Å². The second kappa shape index (κ2) is 4.85. The number of hydrogen-bond acceptors (Lipinski definition) is 4. The van der Waals surface area contributed by atoms with Gasteiger partial charge >= 0.3 is 0 Å². The quantitative estimate of drug-likeness (QED) is 0.634. The maximum atomic E-state index is 12.1. The van der Waals surface area contributed by atoms with E-state index < -0.39 is 0 Å². The summed E-state index contributed by atoms with van der Waals surface area (Å²) in [5, 5.41) is 4.23. The molecule has 2 heterocycles. The van der Waals surface area contributed by atoms with E-state index in [2.05, 4.69) is 5.10 Å². The average molecular weight is 270 g/mol. The maximum absolute atomic E-state index is 12.1. The molecule has 1 aliphatic heterocycles. The highest BCUT2D eigenvalue weighted by Crippen LogP contribution is 2.32. The number of rotatable bonds is 3. The molecule has 5 nitrogen and oxygen atoms in total. The van der Waals surface area contributed by atoms with Crippen LogP contribution in [0.1, 0.15) is 21.6 Å². The molecule has 0 saturated carbocycles. The van der Waals surface area contributed by atoms with Crippen LogP contribution in [0.2, 0.25) is 0 Å². The van der Waals surface area contributed by atoms with Gasteiger partial charge in [-0.25, -0.2) is 0 Å². The number of carbonyl (C=O) groups excluding carboxylic acids is 1. The number of nitrogens with zero attached hydrogens (tertiary/aromatic N) is 2. The number of benzene rings is 1. The van der Waals surface area contributed by atoms with E-state index in [4.69, 9.17) is 9.47 Å². The lowest BCUT2D eigenvalue weighted by molar-refractivity contribution is 0.104. The average Bonchev–Trinajstić information content (AvgIpc) is 3.01. The van der Waals surface area contributed by atoms with Gasteiger partial charge in [-0.15, -0.1) is 0 Å². The first-order valence-electron chi connectivity index (χ1n) is 6.26. The summed E-state index contributed by atoms with van der Waals surface area (Å²) in [4.78, 5) is 12.1. The van der Waals surface area contributed by atoms with Gasteiger partial charge in [-0.3, -0.25) is 9.48 Å². The number of aromatic nitrogens is 2. The second-order valence-electron chi connectivity index (χ2n) is 4.61. The molecule has 5 heteroatoms. The fourth-order valence-electron chi connectivity index (χ4n) is 2.09. The predicted octanol–water partition coefficient (Wildman–Crippen LogP) is 2.35. The summed E-state index contributed by atoms with van der Waals surface area (Å²) >= 11 is 0. The number of ketones is 1. The van der Waals surface area contributed by atoms with E-state index in [1.807, 2.05) is 20.2 Å². The molecule has 102 valence electrons. The van der Waals surface area contributed by atoms with Crippen LogP contribution in [0.25, 0.3) is 6.08 Å². The molecule has 0 spiro atoms. The van der Waals surface area contributed by atoms with Gasteiger partial charge in [0.2, 0.25) is 6.79 Å². The minimum Gasteiger partial charge on any atom is -0.454 e. The first-order chi connectivity index (χ1) is 9.63. The van der Waals surface area contributed by atoms with Crippen molar-refractivity contribution in [2.45, 2.75) is 6.92 Å². The molecule has 0 atom stereocenters. The Morgan fingerprint density at radius 2 is 2.15 bits per heavy atom. The molecule has 1 aromatic heterocycles. The van der Waals surface area contributed by atoms with E-state index in [-0.39, 0.29) is 12.6 Å². The molecule has 0 unspecified atom stereocenters. The molecule has 0 aliphatic carbocycles. The highest BCUT2D eigenvalue weighted by atomic mass is 16.7. The van der Waals surface area contributed by atoms with Gasteiger partial charge in [-0.05, 0) is 37.3 Å². The zero-order chi connectivity index (χ0) is 14.1. The summed E-state index contributed by atoms with van der Waals surface area (Å²) in [5.41, 5.74) is 2.40. The van der Waals surface area contributed by atoms with Gasteiger partial charge in [0.1, 0.15) is 0 Å². The Labute approximate surface area is 116 Å². The number of allylic oxidation sites excluding steroid dienone is 1. The Balaban J connectivity index is 1.81. The van der Waals surface area contributed by atoms with E-state index in [1.54, 1.807) is 35.0 Å². The lowest BCUT2D eigenvalue weighted by Crippen LogP contribution is -1.94. The van der Waals surface area contributed by atoms with Crippen molar-refractivity contribution in [3.05, 3.63) is 47.3 Å². The number of fused-ring (bicyclic) bond motifs is 1. The minimum absolute atomic E-state index is 0.0773. The zero-order valence-corrected chi connectivity index (χ0v) is 11.3. The third-order valence-corrected chi connectivity index (χ3v) is 3.12. The van der Waals surface area contributed by atoms with E-state index in [9.17, 15) is 4.79 Å². The van der Waals surface area contributed by atoms with Crippen molar-refractivity contribution < 1.29 is 14.3 Å². The van der Waals surface area contributed by atoms with Crippen LogP contribution in [0, 0.1) is 6.92 Å². The van der Waals surface area contributed by atoms with Crippen molar-refractivity contribution in [2.24, 2.45) is 7.05 Å². The normalized spacial score (nSPS) is 13.1. The third-order valence-electron chi connectivity index (χ3n) is 3.12. The van der Waals surface area contributed by atoms with E-state index in [0.717, 1.165) is 11.3 Å². The SMILES string of the molecule is Cc1nn(C)cc1C=CC(=O)c1ccc2c(c1)OCO2. The first kappa shape index (κ1) is 12.5. The predicted molar refractivity (Wildman–Crippen MR) is 73.9 cm³/mol. The summed E-state index contributed by atoms with van der Waals surface area (Å²) in [6.45, 7) is 2.11. The highest BCUT2D eigenvalue weighted by Gasteiger charge is 2.15. The standard InChI is InChI=1S/C15H14N2O3/c1-10-12(8-17(2)16-10)3-5-13(18)11-4-6-14-15(7-11)20-9-19-14/h3-8H,9H2,1-2H3. The van der Waals surface area contributed by atoms with Crippen LogP contribution in [-0.2, 0) is 7.05 Å². The molecule has 2 aromatic rings. The topological polar surface area (TPSA) is 53.4 Å². The highest BCUT2D eigenvalue weighted by molar-refractivity contribution is 6.07. The fraction of sp³-hybridized carbons (Fsp3) is 0.200. The second-order valence-corrected chi connectivity index (χ2v) is 4.61. The van der Waals surface area contributed by atoms with Crippen LogP contribution in [0.4, 0.5) is 0 Å². The lowest BCUT2D eigenvalue weighted by Gasteiger charge is -1.98. The number of aryl methyl sites for hydroxylation is 2. The molecule has 0 N–H and O–H groups in total.